The Labute approximate surface area is 117 Å². The average molecular weight is 266 g/mol. The molecule has 110 valence electrons. The summed E-state index contributed by atoms with van der Waals surface area (Å²) in [5.74, 6) is 2.56. The number of rotatable bonds is 4. The topological polar surface area (TPSA) is 41.1 Å². The van der Waals surface area contributed by atoms with Gasteiger partial charge in [-0.15, -0.1) is 0 Å². The van der Waals surface area contributed by atoms with E-state index in [0.717, 1.165) is 31.3 Å². The maximum atomic E-state index is 12.2. The Morgan fingerprint density at radius 2 is 1.89 bits per heavy atom. The molecule has 1 amide bonds. The van der Waals surface area contributed by atoms with Crippen molar-refractivity contribution >= 4 is 5.91 Å². The van der Waals surface area contributed by atoms with Gasteiger partial charge in [-0.2, -0.15) is 0 Å². The minimum Gasteiger partial charge on any atom is -0.354 e. The fraction of sp³-hybridized carbons (Fsp3) is 0.938. The van der Waals surface area contributed by atoms with Crippen molar-refractivity contribution < 1.29 is 4.79 Å². The second-order valence-corrected chi connectivity index (χ2v) is 6.68. The van der Waals surface area contributed by atoms with Crippen LogP contribution in [-0.2, 0) is 4.79 Å². The summed E-state index contributed by atoms with van der Waals surface area (Å²) in [4.78, 5) is 12.2. The van der Waals surface area contributed by atoms with Gasteiger partial charge in [-0.25, -0.2) is 0 Å². The molecule has 1 aliphatic heterocycles. The number of nitrogens with one attached hydrogen (secondary N) is 2. The van der Waals surface area contributed by atoms with Crippen LogP contribution in [-0.4, -0.2) is 25.0 Å². The van der Waals surface area contributed by atoms with Crippen LogP contribution < -0.4 is 10.6 Å². The molecule has 1 aliphatic carbocycles. The van der Waals surface area contributed by atoms with Crippen molar-refractivity contribution in [1.29, 1.82) is 0 Å². The van der Waals surface area contributed by atoms with Gasteiger partial charge in [0.2, 0.25) is 5.91 Å². The SMILES string of the molecule is CCC1CCNC(C(=O)NCC2CCC(C)CC2)C1. The molecule has 0 aromatic rings. The minimum atomic E-state index is 0.0567. The zero-order chi connectivity index (χ0) is 13.7. The van der Waals surface area contributed by atoms with Crippen molar-refractivity contribution in [3.63, 3.8) is 0 Å². The third kappa shape index (κ3) is 4.48. The summed E-state index contributed by atoms with van der Waals surface area (Å²) in [6, 6.07) is 0.0567. The van der Waals surface area contributed by atoms with Crippen LogP contribution >= 0.6 is 0 Å². The van der Waals surface area contributed by atoms with Crippen LogP contribution in [0.1, 0.15) is 58.8 Å². The lowest BCUT2D eigenvalue weighted by Crippen LogP contribution is -2.49. The van der Waals surface area contributed by atoms with Gasteiger partial charge in [-0.1, -0.05) is 33.1 Å². The highest BCUT2D eigenvalue weighted by Gasteiger charge is 2.26. The third-order valence-corrected chi connectivity index (χ3v) is 5.11. The molecule has 0 aromatic carbocycles. The molecule has 19 heavy (non-hydrogen) atoms. The molecular formula is C16H30N2O. The summed E-state index contributed by atoms with van der Waals surface area (Å²) < 4.78 is 0. The van der Waals surface area contributed by atoms with E-state index in [9.17, 15) is 4.79 Å². The molecule has 3 heteroatoms. The summed E-state index contributed by atoms with van der Waals surface area (Å²) >= 11 is 0. The lowest BCUT2D eigenvalue weighted by Gasteiger charge is -2.30. The van der Waals surface area contributed by atoms with Gasteiger partial charge in [-0.05, 0) is 50.0 Å². The average Bonchev–Trinajstić information content (AvgIpc) is 2.46. The fourth-order valence-corrected chi connectivity index (χ4v) is 3.47. The minimum absolute atomic E-state index is 0.0567. The Morgan fingerprint density at radius 3 is 2.58 bits per heavy atom. The smallest absolute Gasteiger partial charge is 0.237 e. The van der Waals surface area contributed by atoms with Gasteiger partial charge < -0.3 is 10.6 Å². The molecular weight excluding hydrogens is 236 g/mol. The zero-order valence-electron chi connectivity index (χ0n) is 12.6. The van der Waals surface area contributed by atoms with Gasteiger partial charge in [0.1, 0.15) is 0 Å². The molecule has 2 fully saturated rings. The number of hydrogen-bond acceptors (Lipinski definition) is 2. The Morgan fingerprint density at radius 1 is 1.16 bits per heavy atom. The van der Waals surface area contributed by atoms with Crippen molar-refractivity contribution in [3.05, 3.63) is 0 Å². The molecule has 1 saturated carbocycles. The van der Waals surface area contributed by atoms with E-state index >= 15 is 0 Å². The van der Waals surface area contributed by atoms with Crippen LogP contribution in [0.2, 0.25) is 0 Å². The van der Waals surface area contributed by atoms with Crippen LogP contribution in [0, 0.1) is 17.8 Å². The monoisotopic (exact) mass is 266 g/mol. The van der Waals surface area contributed by atoms with Crippen molar-refractivity contribution in [3.8, 4) is 0 Å². The number of carbonyl (C=O) groups excluding carboxylic acids is 1. The number of carbonyl (C=O) groups is 1. The highest BCUT2D eigenvalue weighted by atomic mass is 16.2. The number of hydrogen-bond donors (Lipinski definition) is 2. The van der Waals surface area contributed by atoms with Crippen molar-refractivity contribution in [2.45, 2.75) is 64.8 Å². The molecule has 2 unspecified atom stereocenters. The summed E-state index contributed by atoms with van der Waals surface area (Å²) in [6.07, 6.45) is 8.69. The van der Waals surface area contributed by atoms with E-state index in [0.29, 0.717) is 5.92 Å². The molecule has 2 aliphatic rings. The zero-order valence-corrected chi connectivity index (χ0v) is 12.6. The van der Waals surface area contributed by atoms with Crippen LogP contribution in [0.15, 0.2) is 0 Å². The van der Waals surface area contributed by atoms with Crippen LogP contribution in [0.25, 0.3) is 0 Å². The molecule has 2 N–H and O–H groups in total. The molecule has 0 aromatic heterocycles. The molecule has 1 heterocycles. The van der Waals surface area contributed by atoms with Gasteiger partial charge in [0.05, 0.1) is 6.04 Å². The highest BCUT2D eigenvalue weighted by Crippen LogP contribution is 2.27. The first kappa shape index (κ1) is 14.8. The first-order chi connectivity index (χ1) is 9.19. The van der Waals surface area contributed by atoms with E-state index in [-0.39, 0.29) is 11.9 Å². The molecule has 3 nitrogen and oxygen atoms in total. The molecule has 2 rings (SSSR count). The van der Waals surface area contributed by atoms with E-state index < -0.39 is 0 Å². The molecule has 0 bridgehead atoms. The summed E-state index contributed by atoms with van der Waals surface area (Å²) in [5, 5.41) is 6.55. The van der Waals surface area contributed by atoms with Crippen molar-refractivity contribution in [2.24, 2.45) is 17.8 Å². The van der Waals surface area contributed by atoms with E-state index in [1.54, 1.807) is 0 Å². The normalized spacial score (nSPS) is 35.9. The van der Waals surface area contributed by atoms with Gasteiger partial charge in [0, 0.05) is 6.54 Å². The Bertz CT molecular complexity index is 284. The summed E-state index contributed by atoms with van der Waals surface area (Å²) in [6.45, 7) is 6.46. The fourth-order valence-electron chi connectivity index (χ4n) is 3.47. The Hall–Kier alpha value is -0.570. The lowest BCUT2D eigenvalue weighted by molar-refractivity contribution is -0.124. The second kappa shape index (κ2) is 7.28. The number of amides is 1. The largest absolute Gasteiger partial charge is 0.354 e. The van der Waals surface area contributed by atoms with Gasteiger partial charge >= 0.3 is 0 Å². The first-order valence-corrected chi connectivity index (χ1v) is 8.20. The molecule has 1 saturated heterocycles. The quantitative estimate of drug-likeness (QED) is 0.821. The van der Waals surface area contributed by atoms with Gasteiger partial charge in [-0.3, -0.25) is 4.79 Å². The maximum absolute atomic E-state index is 12.2. The summed E-state index contributed by atoms with van der Waals surface area (Å²) in [5.41, 5.74) is 0. The lowest BCUT2D eigenvalue weighted by atomic mass is 9.83. The van der Waals surface area contributed by atoms with Crippen LogP contribution in [0.3, 0.4) is 0 Å². The van der Waals surface area contributed by atoms with Crippen LogP contribution in [0.4, 0.5) is 0 Å². The standard InChI is InChI=1S/C16H30N2O/c1-3-13-8-9-17-15(10-13)16(19)18-11-14-6-4-12(2)5-7-14/h12-15,17H,3-11H2,1-2H3,(H,18,19). The molecule has 0 spiro atoms. The van der Waals surface area contributed by atoms with Gasteiger partial charge in [0.15, 0.2) is 0 Å². The first-order valence-electron chi connectivity index (χ1n) is 8.20. The Balaban J connectivity index is 1.69. The van der Waals surface area contributed by atoms with E-state index in [1.165, 1.54) is 38.5 Å². The van der Waals surface area contributed by atoms with Crippen molar-refractivity contribution in [2.75, 3.05) is 13.1 Å². The number of piperidine rings is 1. The van der Waals surface area contributed by atoms with Crippen LogP contribution in [0.5, 0.6) is 0 Å². The second-order valence-electron chi connectivity index (χ2n) is 6.68. The van der Waals surface area contributed by atoms with Crippen molar-refractivity contribution in [1.82, 2.24) is 10.6 Å². The molecule has 2 atom stereocenters. The predicted octanol–water partition coefficient (Wildman–Crippen LogP) is 2.71. The highest BCUT2D eigenvalue weighted by molar-refractivity contribution is 5.81. The third-order valence-electron chi connectivity index (χ3n) is 5.11. The van der Waals surface area contributed by atoms with E-state index in [4.69, 9.17) is 0 Å². The Kier molecular flexibility index (Phi) is 5.68. The molecule has 0 radical (unpaired) electrons. The maximum Gasteiger partial charge on any atom is 0.237 e. The van der Waals surface area contributed by atoms with E-state index in [2.05, 4.69) is 24.5 Å². The predicted molar refractivity (Wildman–Crippen MR) is 78.9 cm³/mol. The van der Waals surface area contributed by atoms with E-state index in [1.807, 2.05) is 0 Å². The van der Waals surface area contributed by atoms with Gasteiger partial charge in [0.25, 0.3) is 0 Å². The summed E-state index contributed by atoms with van der Waals surface area (Å²) in [7, 11) is 0.